The number of anilines is 1. The predicted molar refractivity (Wildman–Crippen MR) is 114 cm³/mol. The zero-order chi connectivity index (χ0) is 19.9. The van der Waals surface area contributed by atoms with Crippen LogP contribution >= 0.6 is 22.9 Å². The number of nitrogens with zero attached hydrogens (tertiary/aromatic N) is 1. The average molecular weight is 435 g/mol. The molecule has 5 nitrogen and oxygen atoms in total. The summed E-state index contributed by atoms with van der Waals surface area (Å²) in [5.41, 5.74) is 1.55. The normalized spacial score (nSPS) is 15.2. The van der Waals surface area contributed by atoms with Crippen molar-refractivity contribution in [3.8, 4) is 0 Å². The Morgan fingerprint density at radius 3 is 2.43 bits per heavy atom. The smallest absolute Gasteiger partial charge is 0.267 e. The number of hydrogen-bond acceptors (Lipinski definition) is 4. The molecule has 2 heterocycles. The van der Waals surface area contributed by atoms with E-state index in [1.54, 1.807) is 12.1 Å². The van der Waals surface area contributed by atoms with Crippen molar-refractivity contribution in [2.24, 2.45) is 0 Å². The Balaban J connectivity index is 1.56. The molecule has 8 heteroatoms. The molecular weight excluding hydrogens is 416 g/mol. The number of carbonyl (C=O) groups excluding carboxylic acids is 1. The lowest BCUT2D eigenvalue weighted by Gasteiger charge is -2.15. The van der Waals surface area contributed by atoms with Crippen LogP contribution in [0.4, 0.5) is 5.69 Å². The van der Waals surface area contributed by atoms with Gasteiger partial charge in [-0.1, -0.05) is 23.7 Å². The van der Waals surface area contributed by atoms with Gasteiger partial charge in [0.15, 0.2) is 0 Å². The summed E-state index contributed by atoms with van der Waals surface area (Å²) in [4.78, 5) is 13.4. The van der Waals surface area contributed by atoms with E-state index < -0.39 is 10.0 Å². The number of rotatable bonds is 4. The van der Waals surface area contributed by atoms with E-state index in [9.17, 15) is 13.2 Å². The van der Waals surface area contributed by atoms with Crippen molar-refractivity contribution in [2.75, 3.05) is 18.4 Å². The van der Waals surface area contributed by atoms with Crippen molar-refractivity contribution >= 4 is 54.6 Å². The maximum Gasteiger partial charge on any atom is 0.267 e. The molecule has 0 unspecified atom stereocenters. The van der Waals surface area contributed by atoms with Gasteiger partial charge in [-0.25, -0.2) is 8.42 Å². The summed E-state index contributed by atoms with van der Waals surface area (Å²) >= 11 is 7.79. The summed E-state index contributed by atoms with van der Waals surface area (Å²) in [5.74, 6) is -0.305. The molecular formula is C20H19ClN2O3S2. The van der Waals surface area contributed by atoms with Gasteiger partial charge in [-0.3, -0.25) is 4.79 Å². The van der Waals surface area contributed by atoms with E-state index in [1.807, 2.05) is 25.1 Å². The summed E-state index contributed by atoms with van der Waals surface area (Å²) in [6.07, 6.45) is 1.78. The number of sulfonamides is 1. The summed E-state index contributed by atoms with van der Waals surface area (Å²) in [6.45, 7) is 3.08. The number of carbonyl (C=O) groups is 1. The van der Waals surface area contributed by atoms with Gasteiger partial charge in [0.25, 0.3) is 5.91 Å². The molecule has 0 bridgehead atoms. The SMILES string of the molecule is Cc1cccc2sc(C(=O)Nc3ccc(S(=O)(=O)N4CCCC4)cc3)c(Cl)c12. The van der Waals surface area contributed by atoms with Crippen LogP contribution in [0.15, 0.2) is 47.4 Å². The quantitative estimate of drug-likeness (QED) is 0.635. The maximum absolute atomic E-state index is 12.7. The van der Waals surface area contributed by atoms with E-state index in [-0.39, 0.29) is 10.8 Å². The van der Waals surface area contributed by atoms with Crippen LogP contribution in [0.25, 0.3) is 10.1 Å². The minimum absolute atomic E-state index is 0.239. The molecule has 1 saturated heterocycles. The van der Waals surface area contributed by atoms with Crippen molar-refractivity contribution in [1.29, 1.82) is 0 Å². The molecule has 2 aromatic carbocycles. The minimum atomic E-state index is -3.46. The number of fused-ring (bicyclic) bond motifs is 1. The van der Waals surface area contributed by atoms with E-state index >= 15 is 0 Å². The highest BCUT2D eigenvalue weighted by atomic mass is 35.5. The second-order valence-corrected chi connectivity index (χ2v) is 10.2. The molecule has 1 aromatic heterocycles. The van der Waals surface area contributed by atoms with Gasteiger partial charge in [-0.05, 0) is 55.7 Å². The maximum atomic E-state index is 12.7. The van der Waals surface area contributed by atoms with Gasteiger partial charge in [0, 0.05) is 28.9 Å². The van der Waals surface area contributed by atoms with Crippen LogP contribution in [0.2, 0.25) is 5.02 Å². The topological polar surface area (TPSA) is 66.5 Å². The predicted octanol–water partition coefficient (Wildman–Crippen LogP) is 4.90. The van der Waals surface area contributed by atoms with Crippen LogP contribution in [-0.4, -0.2) is 31.7 Å². The van der Waals surface area contributed by atoms with Gasteiger partial charge < -0.3 is 5.32 Å². The third-order valence-electron chi connectivity index (χ3n) is 4.89. The van der Waals surface area contributed by atoms with Gasteiger partial charge in [0.2, 0.25) is 10.0 Å². The Morgan fingerprint density at radius 1 is 1.11 bits per heavy atom. The molecule has 0 spiro atoms. The first-order chi connectivity index (χ1) is 13.4. The van der Waals surface area contributed by atoms with Crippen molar-refractivity contribution in [2.45, 2.75) is 24.7 Å². The van der Waals surface area contributed by atoms with Crippen molar-refractivity contribution in [3.05, 3.63) is 57.9 Å². The van der Waals surface area contributed by atoms with Gasteiger partial charge in [-0.15, -0.1) is 11.3 Å². The number of aryl methyl sites for hydroxylation is 1. The third-order valence-corrected chi connectivity index (χ3v) is 8.44. The number of halogens is 1. The second kappa shape index (κ2) is 7.48. The van der Waals surface area contributed by atoms with Crippen LogP contribution in [0, 0.1) is 6.92 Å². The highest BCUT2D eigenvalue weighted by Crippen LogP contribution is 2.37. The number of amides is 1. The number of nitrogens with one attached hydrogen (secondary N) is 1. The molecule has 1 aliphatic rings. The standard InChI is InChI=1S/C20H19ClN2O3S2/c1-13-5-4-6-16-17(13)18(21)19(27-16)20(24)22-14-7-9-15(10-8-14)28(25,26)23-11-2-3-12-23/h4-10H,2-3,11-12H2,1H3,(H,22,24). The van der Waals surface area contributed by atoms with Gasteiger partial charge >= 0.3 is 0 Å². The number of benzene rings is 2. The molecule has 3 aromatic rings. The highest BCUT2D eigenvalue weighted by Gasteiger charge is 2.27. The van der Waals surface area contributed by atoms with E-state index in [2.05, 4.69) is 5.32 Å². The van der Waals surface area contributed by atoms with E-state index in [0.717, 1.165) is 28.5 Å². The summed E-state index contributed by atoms with van der Waals surface area (Å²) in [5, 5.41) is 4.15. The molecule has 28 heavy (non-hydrogen) atoms. The Bertz CT molecular complexity index is 1150. The molecule has 146 valence electrons. The summed E-state index contributed by atoms with van der Waals surface area (Å²) < 4.78 is 27.6. The van der Waals surface area contributed by atoms with Gasteiger partial charge in [0.05, 0.1) is 9.92 Å². The highest BCUT2D eigenvalue weighted by molar-refractivity contribution is 7.89. The fourth-order valence-corrected chi connectivity index (χ4v) is 6.49. The van der Waals surface area contributed by atoms with Gasteiger partial charge in [-0.2, -0.15) is 4.31 Å². The fraction of sp³-hybridized carbons (Fsp3) is 0.250. The monoisotopic (exact) mass is 434 g/mol. The van der Waals surface area contributed by atoms with Crippen LogP contribution in [-0.2, 0) is 10.0 Å². The number of hydrogen-bond donors (Lipinski definition) is 1. The molecule has 1 N–H and O–H groups in total. The first kappa shape index (κ1) is 19.4. The lowest BCUT2D eigenvalue weighted by atomic mass is 10.1. The Kier molecular flexibility index (Phi) is 5.18. The largest absolute Gasteiger partial charge is 0.321 e. The minimum Gasteiger partial charge on any atom is -0.321 e. The van der Waals surface area contributed by atoms with Crippen LogP contribution in [0.3, 0.4) is 0 Å². The van der Waals surface area contributed by atoms with Crippen LogP contribution in [0.1, 0.15) is 28.1 Å². The first-order valence-corrected chi connectivity index (χ1v) is 11.6. The molecule has 1 fully saturated rings. The zero-order valence-electron chi connectivity index (χ0n) is 15.2. The molecule has 0 atom stereocenters. The Morgan fingerprint density at radius 2 is 1.79 bits per heavy atom. The third kappa shape index (κ3) is 3.43. The Labute approximate surface area is 173 Å². The van der Waals surface area contributed by atoms with Gasteiger partial charge in [0.1, 0.15) is 4.88 Å². The molecule has 1 amide bonds. The first-order valence-electron chi connectivity index (χ1n) is 8.97. The van der Waals surface area contributed by atoms with Crippen LogP contribution in [0.5, 0.6) is 0 Å². The summed E-state index contributed by atoms with van der Waals surface area (Å²) in [6, 6.07) is 12.1. The molecule has 1 aliphatic heterocycles. The molecule has 0 radical (unpaired) electrons. The average Bonchev–Trinajstić information content (AvgIpc) is 3.32. The lowest BCUT2D eigenvalue weighted by molar-refractivity contribution is 0.103. The van der Waals surface area contributed by atoms with Crippen molar-refractivity contribution in [1.82, 2.24) is 4.31 Å². The second-order valence-electron chi connectivity index (χ2n) is 6.78. The zero-order valence-corrected chi connectivity index (χ0v) is 17.6. The van der Waals surface area contributed by atoms with E-state index in [1.165, 1.54) is 27.8 Å². The fourth-order valence-electron chi connectivity index (χ4n) is 3.40. The van der Waals surface area contributed by atoms with E-state index in [0.29, 0.717) is 28.7 Å². The lowest BCUT2D eigenvalue weighted by Crippen LogP contribution is -2.27. The van der Waals surface area contributed by atoms with E-state index in [4.69, 9.17) is 11.6 Å². The summed E-state index contributed by atoms with van der Waals surface area (Å²) in [7, 11) is -3.46. The Hall–Kier alpha value is -1.93. The van der Waals surface area contributed by atoms with Crippen molar-refractivity contribution < 1.29 is 13.2 Å². The molecule has 0 aliphatic carbocycles. The molecule has 0 saturated carbocycles. The van der Waals surface area contributed by atoms with Crippen molar-refractivity contribution in [3.63, 3.8) is 0 Å². The van der Waals surface area contributed by atoms with Crippen LogP contribution < -0.4 is 5.32 Å². The number of thiophene rings is 1. The molecule has 4 rings (SSSR count).